The Hall–Kier alpha value is -3.66. The largest absolute Gasteiger partial charge is 0.506 e. The third kappa shape index (κ3) is 3.72. The number of aromatic amines is 2. The number of aryl methyl sites for hydroxylation is 2. The molecule has 2 aliphatic rings. The maximum Gasteiger partial charge on any atom is 0.268 e. The number of hydrogen-bond acceptors (Lipinski definition) is 5. The first-order valence-electron chi connectivity index (χ1n) is 13.3. The summed E-state index contributed by atoms with van der Waals surface area (Å²) >= 11 is 13.8. The number of rotatable bonds is 4. The number of amides is 2. The summed E-state index contributed by atoms with van der Waals surface area (Å²) in [6.07, 6.45) is 3.68. The van der Waals surface area contributed by atoms with Gasteiger partial charge in [0.2, 0.25) is 0 Å². The Kier molecular flexibility index (Phi) is 6.04. The summed E-state index contributed by atoms with van der Waals surface area (Å²) in [6, 6.07) is 6.56. The smallest absolute Gasteiger partial charge is 0.268 e. The summed E-state index contributed by atoms with van der Waals surface area (Å²) in [5.41, 5.74) is 6.37. The van der Waals surface area contributed by atoms with Gasteiger partial charge in [-0.1, -0.05) is 0 Å². The molecule has 11 heteroatoms. The molecule has 2 aliphatic heterocycles. The molecule has 210 valence electrons. The number of halogens is 2. The molecule has 7 rings (SSSR count). The van der Waals surface area contributed by atoms with Crippen LogP contribution in [0.2, 0.25) is 0 Å². The average Bonchev–Trinajstić information content (AvgIpc) is 3.78. The fourth-order valence-corrected chi connectivity index (χ4v) is 7.93. The molecule has 0 radical (unpaired) electrons. The fraction of sp³-hybridized carbons (Fsp3) is 0.267. The molecule has 0 spiro atoms. The second-order valence-corrected chi connectivity index (χ2v) is 12.5. The molecule has 0 saturated heterocycles. The average molecular weight is 610 g/mol. The van der Waals surface area contributed by atoms with Gasteiger partial charge in [-0.05, 0) is 48.2 Å². The lowest BCUT2D eigenvalue weighted by atomic mass is 9.97. The third-order valence-corrected chi connectivity index (χ3v) is 10.2. The molecule has 0 unspecified atom stereocenters. The van der Waals surface area contributed by atoms with Crippen molar-refractivity contribution in [3.05, 3.63) is 68.7 Å². The van der Waals surface area contributed by atoms with E-state index in [0.717, 1.165) is 44.4 Å². The Morgan fingerprint density at radius 1 is 0.829 bits per heavy atom. The van der Waals surface area contributed by atoms with Crippen LogP contribution in [-0.2, 0) is 0 Å². The van der Waals surface area contributed by atoms with Gasteiger partial charge in [-0.15, -0.1) is 34.5 Å². The van der Waals surface area contributed by atoms with Crippen molar-refractivity contribution in [2.45, 2.75) is 25.7 Å². The Morgan fingerprint density at radius 2 is 1.24 bits per heavy atom. The zero-order chi connectivity index (χ0) is 28.7. The van der Waals surface area contributed by atoms with Crippen molar-refractivity contribution in [1.29, 1.82) is 0 Å². The molecule has 3 aromatic heterocycles. The predicted octanol–water partition coefficient (Wildman–Crippen LogP) is 6.70. The molecule has 0 fully saturated rings. The molecule has 0 aliphatic carbocycles. The van der Waals surface area contributed by atoms with E-state index in [2.05, 4.69) is 9.97 Å². The molecule has 2 aromatic carbocycles. The number of carbonyl (C=O) groups is 2. The topological polar surface area (TPSA) is 113 Å². The SMILES string of the molecule is Cc1c[nH]c2c(O)cc3c(c12)[C@H](CCl)CN3C(=O)c1ccc(C(=O)N2C[C@@H](CCl)c3c2cc(O)c2[nH]cc(C)c32)s1. The van der Waals surface area contributed by atoms with Crippen LogP contribution in [0.25, 0.3) is 21.8 Å². The first kappa shape index (κ1) is 26.3. The maximum atomic E-state index is 13.8. The van der Waals surface area contributed by atoms with E-state index in [4.69, 9.17) is 23.2 Å². The summed E-state index contributed by atoms with van der Waals surface area (Å²) in [4.78, 5) is 38.0. The quantitative estimate of drug-likeness (QED) is 0.170. The van der Waals surface area contributed by atoms with Crippen LogP contribution in [0.5, 0.6) is 11.5 Å². The normalized spacial score (nSPS) is 18.0. The van der Waals surface area contributed by atoms with E-state index in [1.54, 1.807) is 34.1 Å². The first-order chi connectivity index (χ1) is 19.7. The van der Waals surface area contributed by atoms with Gasteiger partial charge in [0.15, 0.2) is 0 Å². The molecule has 41 heavy (non-hydrogen) atoms. The van der Waals surface area contributed by atoms with E-state index in [-0.39, 0.29) is 35.1 Å². The fourth-order valence-electron chi connectivity index (χ4n) is 6.52. The highest BCUT2D eigenvalue weighted by molar-refractivity contribution is 7.16. The number of carbonyl (C=O) groups excluding carboxylic acids is 2. The van der Waals surface area contributed by atoms with Gasteiger partial charge in [-0.3, -0.25) is 9.59 Å². The van der Waals surface area contributed by atoms with E-state index in [0.29, 0.717) is 57.0 Å². The van der Waals surface area contributed by atoms with Crippen LogP contribution < -0.4 is 9.80 Å². The van der Waals surface area contributed by atoms with Gasteiger partial charge in [-0.2, -0.15) is 0 Å². The van der Waals surface area contributed by atoms with E-state index in [1.807, 2.05) is 26.2 Å². The van der Waals surface area contributed by atoms with Crippen molar-refractivity contribution < 1.29 is 19.8 Å². The van der Waals surface area contributed by atoms with Crippen LogP contribution >= 0.6 is 34.5 Å². The van der Waals surface area contributed by atoms with Crippen molar-refractivity contribution >= 4 is 79.5 Å². The van der Waals surface area contributed by atoms with Crippen molar-refractivity contribution in [1.82, 2.24) is 9.97 Å². The van der Waals surface area contributed by atoms with Gasteiger partial charge in [-0.25, -0.2) is 0 Å². The number of anilines is 2. The highest BCUT2D eigenvalue weighted by Gasteiger charge is 2.38. The minimum Gasteiger partial charge on any atom is -0.506 e. The second kappa shape index (κ2) is 9.44. The van der Waals surface area contributed by atoms with Gasteiger partial charge in [0.1, 0.15) is 11.5 Å². The summed E-state index contributed by atoms with van der Waals surface area (Å²) in [5.74, 6) is 0.0965. The Labute approximate surface area is 249 Å². The summed E-state index contributed by atoms with van der Waals surface area (Å²) < 4.78 is 0. The van der Waals surface area contributed by atoms with Crippen molar-refractivity contribution in [3.8, 4) is 11.5 Å². The monoisotopic (exact) mass is 608 g/mol. The molecule has 4 N–H and O–H groups in total. The zero-order valence-corrected chi connectivity index (χ0v) is 24.5. The highest BCUT2D eigenvalue weighted by Crippen LogP contribution is 2.48. The zero-order valence-electron chi connectivity index (χ0n) is 22.2. The molecule has 2 atom stereocenters. The number of aromatic nitrogens is 2. The molecular formula is C30H26Cl2N4O4S. The van der Waals surface area contributed by atoms with E-state index in [1.165, 1.54) is 0 Å². The molecule has 5 aromatic rings. The number of phenols is 2. The van der Waals surface area contributed by atoms with Crippen molar-refractivity contribution in [2.24, 2.45) is 0 Å². The standard InChI is InChI=1S/C30H26Cl2N4O4S/c1-13-9-33-27-19(37)5-17-25(23(13)27)15(7-31)11-35(17)29(39)21-3-4-22(41-21)30(40)36-12-16(8-32)26-18(36)6-20(38)28-24(26)14(2)10-34-28/h3-6,9-10,15-16,33-34,37-38H,7-8,11-12H2,1-2H3/t15-,16-/m1/s1. The van der Waals surface area contributed by atoms with Gasteiger partial charge in [0, 0.05) is 72.0 Å². The van der Waals surface area contributed by atoms with Gasteiger partial charge in [0.25, 0.3) is 11.8 Å². The second-order valence-electron chi connectivity index (χ2n) is 10.8. The van der Waals surface area contributed by atoms with E-state index >= 15 is 0 Å². The molecule has 5 heterocycles. The number of fused-ring (bicyclic) bond motifs is 6. The van der Waals surface area contributed by atoms with Gasteiger partial charge in [0.05, 0.1) is 32.2 Å². The number of aromatic hydroxyl groups is 2. The number of nitrogens with zero attached hydrogens (tertiary/aromatic N) is 2. The van der Waals surface area contributed by atoms with Crippen LogP contribution in [0, 0.1) is 13.8 Å². The molecular weight excluding hydrogens is 583 g/mol. The van der Waals surface area contributed by atoms with Crippen molar-refractivity contribution in [3.63, 3.8) is 0 Å². The molecule has 0 bridgehead atoms. The van der Waals surface area contributed by atoms with Gasteiger partial charge >= 0.3 is 0 Å². The number of phenolic OH excluding ortho intramolecular Hbond substituents is 2. The molecule has 8 nitrogen and oxygen atoms in total. The van der Waals surface area contributed by atoms with Crippen LogP contribution in [-0.4, -0.2) is 56.8 Å². The highest BCUT2D eigenvalue weighted by atomic mass is 35.5. The number of benzene rings is 2. The Balaban J connectivity index is 1.23. The minimum atomic E-state index is -0.252. The van der Waals surface area contributed by atoms with Gasteiger partial charge < -0.3 is 30.0 Å². The third-order valence-electron chi connectivity index (χ3n) is 8.40. The minimum absolute atomic E-state index is 0.0680. The first-order valence-corrected chi connectivity index (χ1v) is 15.1. The summed E-state index contributed by atoms with van der Waals surface area (Å²) in [6.45, 7) is 4.67. The number of H-pyrrole nitrogens is 2. The lowest BCUT2D eigenvalue weighted by molar-refractivity contribution is 0.0986. The Bertz CT molecular complexity index is 1770. The van der Waals surface area contributed by atoms with Crippen LogP contribution in [0.15, 0.2) is 36.7 Å². The lowest BCUT2D eigenvalue weighted by Crippen LogP contribution is -2.30. The maximum absolute atomic E-state index is 13.8. The van der Waals surface area contributed by atoms with Crippen LogP contribution in [0.4, 0.5) is 11.4 Å². The summed E-state index contributed by atoms with van der Waals surface area (Å²) in [7, 11) is 0. The van der Waals surface area contributed by atoms with Crippen LogP contribution in [0.1, 0.15) is 53.4 Å². The summed E-state index contributed by atoms with van der Waals surface area (Å²) in [5, 5.41) is 23.2. The lowest BCUT2D eigenvalue weighted by Gasteiger charge is -2.18. The number of thiophene rings is 1. The number of nitrogens with one attached hydrogen (secondary N) is 2. The molecule has 2 amide bonds. The molecule has 0 saturated carbocycles. The van der Waals surface area contributed by atoms with Crippen molar-refractivity contribution in [2.75, 3.05) is 34.6 Å². The van der Waals surface area contributed by atoms with E-state index < -0.39 is 0 Å². The Morgan fingerprint density at radius 3 is 1.63 bits per heavy atom. The number of hydrogen-bond donors (Lipinski definition) is 4. The van der Waals surface area contributed by atoms with Crippen LogP contribution in [0.3, 0.4) is 0 Å². The number of alkyl halides is 2. The van der Waals surface area contributed by atoms with E-state index in [9.17, 15) is 19.8 Å². The predicted molar refractivity (Wildman–Crippen MR) is 164 cm³/mol.